The molecule has 1 N–H and O–H groups in total. The summed E-state index contributed by atoms with van der Waals surface area (Å²) in [6.07, 6.45) is 0. The molecule has 0 saturated heterocycles. The minimum Gasteiger partial charge on any atom is -0.379 e. The van der Waals surface area contributed by atoms with Crippen LogP contribution in [0, 0.1) is 0 Å². The lowest BCUT2D eigenvalue weighted by atomic mass is 10.6. The standard InChI is InChI=1S/C6H14ClNO/c1-2-8-4-6-9-5-3-7/h8H,2-6H2,1H3. The molecule has 0 aromatic heterocycles. The van der Waals surface area contributed by atoms with Gasteiger partial charge in [0.05, 0.1) is 13.2 Å². The molecule has 56 valence electrons. The molecule has 0 aliphatic rings. The number of likely N-dealkylation sites (N-methyl/N-ethyl adjacent to an activating group) is 1. The van der Waals surface area contributed by atoms with E-state index in [0.717, 1.165) is 19.7 Å². The first-order valence-electron chi connectivity index (χ1n) is 3.26. The fraction of sp³-hybridized carbons (Fsp3) is 1.00. The quantitative estimate of drug-likeness (QED) is 0.449. The van der Waals surface area contributed by atoms with Gasteiger partial charge in [0.1, 0.15) is 0 Å². The van der Waals surface area contributed by atoms with Crippen LogP contribution in [0.2, 0.25) is 0 Å². The number of hydrogen-bond acceptors (Lipinski definition) is 2. The molecule has 0 aromatic rings. The molecule has 0 aliphatic carbocycles. The molecule has 3 heteroatoms. The Hall–Kier alpha value is 0.210. The van der Waals surface area contributed by atoms with Gasteiger partial charge >= 0.3 is 0 Å². The maximum absolute atomic E-state index is 5.37. The number of ether oxygens (including phenoxy) is 1. The SMILES string of the molecule is CCNCCOCCCl. The molecule has 9 heavy (non-hydrogen) atoms. The van der Waals surface area contributed by atoms with Crippen molar-refractivity contribution in [2.45, 2.75) is 6.92 Å². The van der Waals surface area contributed by atoms with E-state index in [9.17, 15) is 0 Å². The Balaban J connectivity index is 2.60. The van der Waals surface area contributed by atoms with Crippen molar-refractivity contribution in [3.8, 4) is 0 Å². The van der Waals surface area contributed by atoms with E-state index in [-0.39, 0.29) is 0 Å². The van der Waals surface area contributed by atoms with Gasteiger partial charge in [0, 0.05) is 12.4 Å². The van der Waals surface area contributed by atoms with Crippen LogP contribution >= 0.6 is 11.6 Å². The van der Waals surface area contributed by atoms with Gasteiger partial charge in [0.2, 0.25) is 0 Å². The molecule has 0 fully saturated rings. The molecule has 0 amide bonds. The lowest BCUT2D eigenvalue weighted by Crippen LogP contribution is -2.19. The fourth-order valence-electron chi connectivity index (χ4n) is 0.478. The first-order valence-corrected chi connectivity index (χ1v) is 3.79. The Morgan fingerprint density at radius 1 is 1.44 bits per heavy atom. The summed E-state index contributed by atoms with van der Waals surface area (Å²) in [4.78, 5) is 0. The zero-order valence-electron chi connectivity index (χ0n) is 5.82. The molecule has 0 unspecified atom stereocenters. The van der Waals surface area contributed by atoms with Gasteiger partial charge in [-0.3, -0.25) is 0 Å². The summed E-state index contributed by atoms with van der Waals surface area (Å²) in [6, 6.07) is 0. The van der Waals surface area contributed by atoms with Crippen LogP contribution < -0.4 is 5.32 Å². The van der Waals surface area contributed by atoms with Crippen LogP contribution in [-0.4, -0.2) is 32.2 Å². The largest absolute Gasteiger partial charge is 0.379 e. The second-order valence-corrected chi connectivity index (χ2v) is 2.03. The van der Waals surface area contributed by atoms with Gasteiger partial charge in [0.25, 0.3) is 0 Å². The van der Waals surface area contributed by atoms with Crippen LogP contribution in [0.25, 0.3) is 0 Å². The summed E-state index contributed by atoms with van der Waals surface area (Å²) in [5, 5.41) is 3.14. The monoisotopic (exact) mass is 151 g/mol. The van der Waals surface area contributed by atoms with Crippen LogP contribution in [-0.2, 0) is 4.74 Å². The third kappa shape index (κ3) is 8.21. The van der Waals surface area contributed by atoms with E-state index in [0.29, 0.717) is 12.5 Å². The Kier molecular flexibility index (Phi) is 8.40. The molecule has 0 aromatic carbocycles. The highest BCUT2D eigenvalue weighted by atomic mass is 35.5. The van der Waals surface area contributed by atoms with Crippen molar-refractivity contribution in [3.05, 3.63) is 0 Å². The molecule has 0 aliphatic heterocycles. The van der Waals surface area contributed by atoms with Gasteiger partial charge in [-0.05, 0) is 6.54 Å². The Bertz CT molecular complexity index is 46.3. The second-order valence-electron chi connectivity index (χ2n) is 1.65. The topological polar surface area (TPSA) is 21.3 Å². The maximum Gasteiger partial charge on any atom is 0.0602 e. The summed E-state index contributed by atoms with van der Waals surface area (Å²) >= 11 is 5.37. The first kappa shape index (κ1) is 9.21. The average molecular weight is 152 g/mol. The Morgan fingerprint density at radius 2 is 2.22 bits per heavy atom. The van der Waals surface area contributed by atoms with Crippen LogP contribution in [0.15, 0.2) is 0 Å². The molecular formula is C6H14ClNO. The van der Waals surface area contributed by atoms with E-state index in [1.165, 1.54) is 0 Å². The molecule has 0 bridgehead atoms. The molecule has 0 heterocycles. The van der Waals surface area contributed by atoms with Crippen molar-refractivity contribution in [1.82, 2.24) is 5.32 Å². The number of halogens is 1. The van der Waals surface area contributed by atoms with E-state index in [4.69, 9.17) is 16.3 Å². The number of hydrogen-bond donors (Lipinski definition) is 1. The van der Waals surface area contributed by atoms with Crippen molar-refractivity contribution in [3.63, 3.8) is 0 Å². The third-order valence-electron chi connectivity index (χ3n) is 0.895. The predicted molar refractivity (Wildman–Crippen MR) is 40.1 cm³/mol. The normalized spacial score (nSPS) is 10.0. The average Bonchev–Trinajstić information content (AvgIpc) is 1.89. The van der Waals surface area contributed by atoms with Gasteiger partial charge in [0.15, 0.2) is 0 Å². The maximum atomic E-state index is 5.37. The highest BCUT2D eigenvalue weighted by Crippen LogP contribution is 1.76. The van der Waals surface area contributed by atoms with Gasteiger partial charge in [-0.2, -0.15) is 0 Å². The molecule has 0 saturated carbocycles. The van der Waals surface area contributed by atoms with Crippen molar-refractivity contribution in [2.75, 3.05) is 32.2 Å². The summed E-state index contributed by atoms with van der Waals surface area (Å²) in [6.45, 7) is 5.42. The highest BCUT2D eigenvalue weighted by Gasteiger charge is 1.83. The molecular weight excluding hydrogens is 138 g/mol. The van der Waals surface area contributed by atoms with Crippen LogP contribution in [0.3, 0.4) is 0 Å². The Morgan fingerprint density at radius 3 is 2.78 bits per heavy atom. The van der Waals surface area contributed by atoms with Gasteiger partial charge in [-0.25, -0.2) is 0 Å². The van der Waals surface area contributed by atoms with Crippen molar-refractivity contribution in [1.29, 1.82) is 0 Å². The lowest BCUT2D eigenvalue weighted by molar-refractivity contribution is 0.151. The highest BCUT2D eigenvalue weighted by molar-refractivity contribution is 6.17. The summed E-state index contributed by atoms with van der Waals surface area (Å²) in [5.41, 5.74) is 0. The molecule has 0 rings (SSSR count). The number of nitrogens with one attached hydrogen (secondary N) is 1. The smallest absolute Gasteiger partial charge is 0.0602 e. The third-order valence-corrected chi connectivity index (χ3v) is 1.05. The van der Waals surface area contributed by atoms with Gasteiger partial charge in [-0.15, -0.1) is 11.6 Å². The van der Waals surface area contributed by atoms with E-state index < -0.39 is 0 Å². The fourth-order valence-corrected chi connectivity index (χ4v) is 0.587. The lowest BCUT2D eigenvalue weighted by Gasteiger charge is -2.00. The molecule has 0 spiro atoms. The van der Waals surface area contributed by atoms with Crippen molar-refractivity contribution < 1.29 is 4.74 Å². The van der Waals surface area contributed by atoms with E-state index >= 15 is 0 Å². The van der Waals surface area contributed by atoms with Crippen LogP contribution in [0.5, 0.6) is 0 Å². The van der Waals surface area contributed by atoms with Crippen molar-refractivity contribution >= 4 is 11.6 Å². The summed E-state index contributed by atoms with van der Waals surface area (Å²) in [7, 11) is 0. The molecule has 2 nitrogen and oxygen atoms in total. The Labute approximate surface area is 61.5 Å². The van der Waals surface area contributed by atoms with Gasteiger partial charge in [-0.1, -0.05) is 6.92 Å². The number of rotatable bonds is 6. The van der Waals surface area contributed by atoms with Crippen LogP contribution in [0.1, 0.15) is 6.92 Å². The second kappa shape index (κ2) is 8.21. The number of alkyl halides is 1. The van der Waals surface area contributed by atoms with Crippen molar-refractivity contribution in [2.24, 2.45) is 0 Å². The van der Waals surface area contributed by atoms with E-state index in [2.05, 4.69) is 12.2 Å². The van der Waals surface area contributed by atoms with E-state index in [1.54, 1.807) is 0 Å². The van der Waals surface area contributed by atoms with Gasteiger partial charge < -0.3 is 10.1 Å². The first-order chi connectivity index (χ1) is 4.41. The zero-order chi connectivity index (χ0) is 6.95. The minimum absolute atomic E-state index is 0.589. The minimum atomic E-state index is 0.589. The summed E-state index contributed by atoms with van der Waals surface area (Å²) in [5.74, 6) is 0.589. The molecule has 0 atom stereocenters. The van der Waals surface area contributed by atoms with E-state index in [1.807, 2.05) is 0 Å². The van der Waals surface area contributed by atoms with Crippen LogP contribution in [0.4, 0.5) is 0 Å². The molecule has 0 radical (unpaired) electrons. The predicted octanol–water partition coefficient (Wildman–Crippen LogP) is 0.851. The zero-order valence-corrected chi connectivity index (χ0v) is 6.58. The summed E-state index contributed by atoms with van der Waals surface area (Å²) < 4.78 is 5.09.